The fourth-order valence-corrected chi connectivity index (χ4v) is 3.21. The Bertz CT molecular complexity index is 763. The summed E-state index contributed by atoms with van der Waals surface area (Å²) in [6.45, 7) is 0. The molecule has 1 aliphatic rings. The normalized spacial score (nSPS) is 17.4. The number of hydrogen-bond donors (Lipinski definition) is 1. The van der Waals surface area contributed by atoms with Gasteiger partial charge in [0.25, 0.3) is 5.89 Å². The van der Waals surface area contributed by atoms with E-state index >= 15 is 0 Å². The van der Waals surface area contributed by atoms with Gasteiger partial charge in [0.15, 0.2) is 15.7 Å². The third kappa shape index (κ3) is 2.98. The summed E-state index contributed by atoms with van der Waals surface area (Å²) in [6, 6.07) is 7.11. The van der Waals surface area contributed by atoms with Crippen LogP contribution >= 0.6 is 0 Å². The molecule has 0 radical (unpaired) electrons. The Kier molecular flexibility index (Phi) is 3.33. The Morgan fingerprint density at radius 1 is 1.38 bits per heavy atom. The lowest BCUT2D eigenvalue weighted by molar-refractivity contribution is 0.229. The minimum absolute atomic E-state index is 0.0112. The number of nitrogens with zero attached hydrogens (tertiary/aromatic N) is 2. The molecule has 1 heterocycles. The zero-order valence-corrected chi connectivity index (χ0v) is 12.6. The lowest BCUT2D eigenvalue weighted by Crippen LogP contribution is -2.44. The average molecular weight is 307 g/mol. The number of hydrogen-bond acceptors (Lipinski definition) is 6. The van der Waals surface area contributed by atoms with Gasteiger partial charge in [0.05, 0.1) is 11.3 Å². The third-order valence-electron chi connectivity index (χ3n) is 3.72. The maximum absolute atomic E-state index is 11.4. The highest BCUT2D eigenvalue weighted by Gasteiger charge is 2.39. The number of sulfone groups is 1. The molecule has 7 heteroatoms. The van der Waals surface area contributed by atoms with Gasteiger partial charge in [-0.05, 0) is 37.0 Å². The van der Waals surface area contributed by atoms with Crippen molar-refractivity contribution >= 4 is 9.84 Å². The third-order valence-corrected chi connectivity index (χ3v) is 4.58. The van der Waals surface area contributed by atoms with Crippen molar-refractivity contribution in [3.63, 3.8) is 0 Å². The molecule has 0 bridgehead atoms. The summed E-state index contributed by atoms with van der Waals surface area (Å²) >= 11 is 0. The van der Waals surface area contributed by atoms with Crippen molar-refractivity contribution in [1.29, 1.82) is 0 Å². The van der Waals surface area contributed by atoms with Crippen LogP contribution < -0.4 is 5.73 Å². The van der Waals surface area contributed by atoms with Crippen molar-refractivity contribution in [1.82, 2.24) is 10.1 Å². The van der Waals surface area contributed by atoms with E-state index < -0.39 is 15.4 Å². The first-order valence-electron chi connectivity index (χ1n) is 6.76. The van der Waals surface area contributed by atoms with E-state index in [1.54, 1.807) is 18.2 Å². The molecule has 0 spiro atoms. The Morgan fingerprint density at radius 3 is 2.76 bits per heavy atom. The van der Waals surface area contributed by atoms with E-state index in [1.807, 2.05) is 6.07 Å². The number of nitrogens with two attached hydrogens (primary N) is 1. The van der Waals surface area contributed by atoms with Crippen molar-refractivity contribution in [2.45, 2.75) is 30.6 Å². The van der Waals surface area contributed by atoms with Gasteiger partial charge in [-0.15, -0.1) is 0 Å². The predicted molar refractivity (Wildman–Crippen MR) is 78.0 cm³/mol. The molecule has 1 aromatic heterocycles. The van der Waals surface area contributed by atoms with Crippen molar-refractivity contribution in [2.24, 2.45) is 5.73 Å². The summed E-state index contributed by atoms with van der Waals surface area (Å²) in [5.74, 6) is 0.886. The first kappa shape index (κ1) is 14.2. The largest absolute Gasteiger partial charge is 0.334 e. The monoisotopic (exact) mass is 307 g/mol. The molecule has 2 aromatic rings. The minimum atomic E-state index is -3.08. The van der Waals surface area contributed by atoms with Crippen LogP contribution in [0.2, 0.25) is 0 Å². The van der Waals surface area contributed by atoms with E-state index in [-0.39, 0.29) is 5.75 Å². The molecule has 6 nitrogen and oxygen atoms in total. The zero-order chi connectivity index (χ0) is 15.1. The molecule has 1 aromatic carbocycles. The highest BCUT2D eigenvalue weighted by atomic mass is 32.2. The molecule has 1 saturated carbocycles. The van der Waals surface area contributed by atoms with Crippen LogP contribution in [0.4, 0.5) is 0 Å². The second kappa shape index (κ2) is 4.92. The van der Waals surface area contributed by atoms with Crippen LogP contribution in [0, 0.1) is 0 Å². The summed E-state index contributed by atoms with van der Waals surface area (Å²) in [5, 5.41) is 3.96. The van der Waals surface area contributed by atoms with Gasteiger partial charge in [-0.2, -0.15) is 4.98 Å². The van der Waals surface area contributed by atoms with Crippen molar-refractivity contribution in [3.05, 3.63) is 35.7 Å². The molecule has 3 rings (SSSR count). The van der Waals surface area contributed by atoms with Gasteiger partial charge in [0.2, 0.25) is 0 Å². The van der Waals surface area contributed by atoms with Crippen LogP contribution in [0.5, 0.6) is 0 Å². The van der Waals surface area contributed by atoms with Crippen molar-refractivity contribution < 1.29 is 12.9 Å². The molecule has 1 fully saturated rings. The summed E-state index contributed by atoms with van der Waals surface area (Å²) in [4.78, 5) is 4.36. The van der Waals surface area contributed by atoms with E-state index in [1.165, 1.54) is 6.26 Å². The van der Waals surface area contributed by atoms with E-state index in [4.69, 9.17) is 10.3 Å². The summed E-state index contributed by atoms with van der Waals surface area (Å²) in [7, 11) is -3.08. The first-order chi connectivity index (χ1) is 9.86. The Labute approximate surface area is 123 Å². The molecule has 0 atom stereocenters. The maximum atomic E-state index is 11.4. The first-order valence-corrected chi connectivity index (χ1v) is 8.82. The summed E-state index contributed by atoms with van der Waals surface area (Å²) < 4.78 is 28.0. The molecule has 21 heavy (non-hydrogen) atoms. The highest BCUT2D eigenvalue weighted by molar-refractivity contribution is 7.89. The minimum Gasteiger partial charge on any atom is -0.334 e. The van der Waals surface area contributed by atoms with E-state index in [0.29, 0.717) is 22.8 Å². The van der Waals surface area contributed by atoms with Gasteiger partial charge in [-0.3, -0.25) is 0 Å². The highest BCUT2D eigenvalue weighted by Crippen LogP contribution is 2.37. The summed E-state index contributed by atoms with van der Waals surface area (Å²) in [6.07, 6.45) is 4.00. The standard InChI is InChI=1S/C14H17N3O3S/c1-21(18,19)9-10-4-2-5-11(8-10)12-16-13(17-20-12)14(15)6-3-7-14/h2,4-5,8H,3,6-7,9,15H2,1H3. The van der Waals surface area contributed by atoms with E-state index in [0.717, 1.165) is 19.3 Å². The second-order valence-corrected chi connectivity index (χ2v) is 7.84. The van der Waals surface area contributed by atoms with Crippen LogP contribution in [-0.4, -0.2) is 24.8 Å². The molecular weight excluding hydrogens is 290 g/mol. The topological polar surface area (TPSA) is 99.1 Å². The van der Waals surface area contributed by atoms with Crippen LogP contribution in [0.25, 0.3) is 11.5 Å². The van der Waals surface area contributed by atoms with Gasteiger partial charge < -0.3 is 10.3 Å². The maximum Gasteiger partial charge on any atom is 0.258 e. The number of benzene rings is 1. The van der Waals surface area contributed by atoms with Gasteiger partial charge in [0, 0.05) is 11.8 Å². The number of aromatic nitrogens is 2. The second-order valence-electron chi connectivity index (χ2n) is 5.70. The van der Waals surface area contributed by atoms with Crippen LogP contribution in [0.15, 0.2) is 28.8 Å². The molecule has 0 unspecified atom stereocenters. The summed E-state index contributed by atoms with van der Waals surface area (Å²) in [5.41, 5.74) is 7.10. The van der Waals surface area contributed by atoms with Gasteiger partial charge in [-0.1, -0.05) is 17.3 Å². The molecular formula is C14H17N3O3S. The van der Waals surface area contributed by atoms with Crippen LogP contribution in [-0.2, 0) is 21.1 Å². The smallest absolute Gasteiger partial charge is 0.258 e. The molecule has 0 amide bonds. The molecule has 0 aliphatic heterocycles. The lowest BCUT2D eigenvalue weighted by atomic mass is 9.77. The van der Waals surface area contributed by atoms with E-state index in [2.05, 4.69) is 10.1 Å². The van der Waals surface area contributed by atoms with Crippen LogP contribution in [0.3, 0.4) is 0 Å². The van der Waals surface area contributed by atoms with E-state index in [9.17, 15) is 8.42 Å². The average Bonchev–Trinajstić information content (AvgIpc) is 2.84. The molecule has 0 saturated heterocycles. The SMILES string of the molecule is CS(=O)(=O)Cc1cccc(-c2nc(C3(N)CCC3)no2)c1. The fraction of sp³-hybridized carbons (Fsp3) is 0.429. The predicted octanol–water partition coefficient (Wildman–Crippen LogP) is 1.62. The molecule has 112 valence electrons. The fourth-order valence-electron chi connectivity index (χ4n) is 2.42. The Morgan fingerprint density at radius 2 is 2.14 bits per heavy atom. The van der Waals surface area contributed by atoms with Crippen molar-refractivity contribution in [3.8, 4) is 11.5 Å². The molecule has 1 aliphatic carbocycles. The van der Waals surface area contributed by atoms with Crippen LogP contribution in [0.1, 0.15) is 30.7 Å². The zero-order valence-electron chi connectivity index (χ0n) is 11.7. The Balaban J connectivity index is 1.89. The van der Waals surface area contributed by atoms with Gasteiger partial charge >= 0.3 is 0 Å². The number of rotatable bonds is 4. The Hall–Kier alpha value is -1.73. The molecule has 2 N–H and O–H groups in total. The van der Waals surface area contributed by atoms with Gasteiger partial charge in [0.1, 0.15) is 0 Å². The lowest BCUT2D eigenvalue weighted by Gasteiger charge is -2.34. The van der Waals surface area contributed by atoms with Crippen molar-refractivity contribution in [2.75, 3.05) is 6.26 Å². The van der Waals surface area contributed by atoms with Gasteiger partial charge in [-0.25, -0.2) is 8.42 Å². The quantitative estimate of drug-likeness (QED) is 0.921.